The van der Waals surface area contributed by atoms with Crippen LogP contribution in [0.3, 0.4) is 0 Å². The molecular formula is C17H22ClN5O. The van der Waals surface area contributed by atoms with Gasteiger partial charge in [-0.2, -0.15) is 5.10 Å². The highest BCUT2D eigenvalue weighted by molar-refractivity contribution is 6.31. The number of anilines is 1. The molecule has 3 rings (SSSR count). The first kappa shape index (κ1) is 16.9. The number of nitrogens with one attached hydrogen (secondary N) is 1. The summed E-state index contributed by atoms with van der Waals surface area (Å²) in [4.78, 5) is 18.8. The summed E-state index contributed by atoms with van der Waals surface area (Å²) < 4.78 is 1.61. The zero-order valence-corrected chi connectivity index (χ0v) is 14.5. The van der Waals surface area contributed by atoms with Crippen molar-refractivity contribution in [2.24, 2.45) is 0 Å². The largest absolute Gasteiger partial charge is 0.323 e. The number of carbonyl (C=O) groups is 1. The van der Waals surface area contributed by atoms with Gasteiger partial charge in [-0.1, -0.05) is 24.9 Å². The van der Waals surface area contributed by atoms with Crippen LogP contribution in [0.2, 0.25) is 5.02 Å². The van der Waals surface area contributed by atoms with Crippen LogP contribution in [-0.2, 0) is 4.79 Å². The summed E-state index contributed by atoms with van der Waals surface area (Å²) in [6.07, 6.45) is 7.71. The third-order valence-corrected chi connectivity index (χ3v) is 4.70. The van der Waals surface area contributed by atoms with Crippen LogP contribution in [0, 0.1) is 0 Å². The van der Waals surface area contributed by atoms with E-state index in [-0.39, 0.29) is 5.91 Å². The number of amides is 1. The fourth-order valence-electron chi connectivity index (χ4n) is 3.25. The van der Waals surface area contributed by atoms with E-state index in [1.807, 2.05) is 6.07 Å². The molecule has 1 saturated heterocycles. The van der Waals surface area contributed by atoms with Crippen LogP contribution >= 0.6 is 11.6 Å². The third-order valence-electron chi connectivity index (χ3n) is 4.47. The predicted octanol–water partition coefficient (Wildman–Crippen LogP) is 3.12. The number of piperidine rings is 1. The molecule has 0 saturated carbocycles. The molecule has 0 aliphatic carbocycles. The molecule has 1 amide bonds. The second-order valence-electron chi connectivity index (χ2n) is 6.08. The van der Waals surface area contributed by atoms with Crippen molar-refractivity contribution in [2.45, 2.75) is 38.6 Å². The Bertz CT molecular complexity index is 688. The molecule has 2 aromatic rings. The van der Waals surface area contributed by atoms with Gasteiger partial charge in [0, 0.05) is 11.1 Å². The fraction of sp³-hybridized carbons (Fsp3) is 0.471. The van der Waals surface area contributed by atoms with Gasteiger partial charge in [-0.3, -0.25) is 9.69 Å². The van der Waals surface area contributed by atoms with Gasteiger partial charge in [0.1, 0.15) is 12.7 Å². The molecule has 7 heteroatoms. The van der Waals surface area contributed by atoms with Crippen molar-refractivity contribution in [3.63, 3.8) is 0 Å². The molecule has 1 aliphatic rings. The monoisotopic (exact) mass is 347 g/mol. The average Bonchev–Trinajstić information content (AvgIpc) is 3.09. The molecule has 24 heavy (non-hydrogen) atoms. The molecule has 1 aromatic heterocycles. The summed E-state index contributed by atoms with van der Waals surface area (Å²) >= 11 is 6.09. The number of benzene rings is 1. The number of rotatable bonds is 5. The number of halogens is 1. The Balaban J connectivity index is 1.73. The summed E-state index contributed by atoms with van der Waals surface area (Å²) in [6, 6.07) is 5.83. The van der Waals surface area contributed by atoms with Crippen molar-refractivity contribution in [3.05, 3.63) is 35.9 Å². The second kappa shape index (κ2) is 7.77. The van der Waals surface area contributed by atoms with Crippen molar-refractivity contribution < 1.29 is 4.79 Å². The first-order valence-electron chi connectivity index (χ1n) is 8.36. The molecule has 0 spiro atoms. The van der Waals surface area contributed by atoms with Gasteiger partial charge in [-0.05, 0) is 44.0 Å². The smallest absolute Gasteiger partial charge is 0.238 e. The van der Waals surface area contributed by atoms with Crippen LogP contribution in [0.15, 0.2) is 30.9 Å². The molecule has 1 atom stereocenters. The first-order valence-corrected chi connectivity index (χ1v) is 8.73. The molecule has 2 heterocycles. The van der Waals surface area contributed by atoms with Gasteiger partial charge in [0.25, 0.3) is 0 Å². The first-order chi connectivity index (χ1) is 11.7. The Kier molecular flexibility index (Phi) is 5.48. The Labute approximate surface area is 146 Å². The summed E-state index contributed by atoms with van der Waals surface area (Å²) in [6.45, 7) is 3.57. The van der Waals surface area contributed by atoms with Crippen LogP contribution in [-0.4, -0.2) is 44.7 Å². The van der Waals surface area contributed by atoms with E-state index in [1.54, 1.807) is 23.1 Å². The lowest BCUT2D eigenvalue weighted by Crippen LogP contribution is -2.43. The molecule has 6 nitrogen and oxygen atoms in total. The maximum absolute atomic E-state index is 12.5. The quantitative estimate of drug-likeness (QED) is 0.902. The van der Waals surface area contributed by atoms with E-state index >= 15 is 0 Å². The third kappa shape index (κ3) is 3.94. The van der Waals surface area contributed by atoms with E-state index in [0.29, 0.717) is 23.3 Å². The molecule has 1 aliphatic heterocycles. The lowest BCUT2D eigenvalue weighted by atomic mass is 10.00. The Morgan fingerprint density at radius 1 is 1.42 bits per heavy atom. The highest BCUT2D eigenvalue weighted by Crippen LogP contribution is 2.24. The van der Waals surface area contributed by atoms with E-state index in [2.05, 4.69) is 27.2 Å². The van der Waals surface area contributed by atoms with Gasteiger partial charge in [0.15, 0.2) is 0 Å². The number of nitrogens with zero attached hydrogens (tertiary/aromatic N) is 4. The minimum atomic E-state index is -0.0287. The summed E-state index contributed by atoms with van der Waals surface area (Å²) in [7, 11) is 0. The van der Waals surface area contributed by atoms with Crippen LogP contribution in [0.25, 0.3) is 5.69 Å². The van der Waals surface area contributed by atoms with Crippen LogP contribution in [0.1, 0.15) is 32.6 Å². The highest BCUT2D eigenvalue weighted by atomic mass is 35.5. The highest BCUT2D eigenvalue weighted by Gasteiger charge is 2.23. The lowest BCUT2D eigenvalue weighted by molar-refractivity contribution is -0.118. The number of likely N-dealkylation sites (tertiary alicyclic amines) is 1. The molecule has 1 N–H and O–H groups in total. The number of hydrogen-bond acceptors (Lipinski definition) is 4. The molecule has 1 fully saturated rings. The van der Waals surface area contributed by atoms with E-state index in [9.17, 15) is 4.79 Å². The van der Waals surface area contributed by atoms with Crippen molar-refractivity contribution in [3.8, 4) is 5.69 Å². The maximum atomic E-state index is 12.5. The molecule has 0 bridgehead atoms. The van der Waals surface area contributed by atoms with E-state index in [0.717, 1.165) is 25.1 Å². The maximum Gasteiger partial charge on any atom is 0.238 e. The normalized spacial score (nSPS) is 18.5. The second-order valence-corrected chi connectivity index (χ2v) is 6.51. The molecule has 0 radical (unpaired) electrons. The Morgan fingerprint density at radius 3 is 3.04 bits per heavy atom. The van der Waals surface area contributed by atoms with Gasteiger partial charge in [-0.15, -0.1) is 0 Å². The van der Waals surface area contributed by atoms with Gasteiger partial charge in [-0.25, -0.2) is 9.67 Å². The number of aromatic nitrogens is 3. The van der Waals surface area contributed by atoms with Crippen molar-refractivity contribution in [1.82, 2.24) is 19.7 Å². The molecular weight excluding hydrogens is 326 g/mol. The fourth-order valence-corrected chi connectivity index (χ4v) is 3.42. The van der Waals surface area contributed by atoms with E-state index in [1.165, 1.54) is 19.2 Å². The molecule has 1 aromatic carbocycles. The van der Waals surface area contributed by atoms with E-state index < -0.39 is 0 Å². The van der Waals surface area contributed by atoms with Gasteiger partial charge in [0.05, 0.1) is 17.9 Å². The minimum absolute atomic E-state index is 0.0287. The van der Waals surface area contributed by atoms with Crippen molar-refractivity contribution in [2.75, 3.05) is 18.4 Å². The van der Waals surface area contributed by atoms with Crippen LogP contribution < -0.4 is 5.32 Å². The predicted molar refractivity (Wildman–Crippen MR) is 94.5 cm³/mol. The van der Waals surface area contributed by atoms with Gasteiger partial charge < -0.3 is 5.32 Å². The zero-order chi connectivity index (χ0) is 16.9. The van der Waals surface area contributed by atoms with Crippen LogP contribution in [0.4, 0.5) is 5.69 Å². The minimum Gasteiger partial charge on any atom is -0.323 e. The Hall–Kier alpha value is -1.92. The standard InChI is InChI=1S/C17H22ClN5O/c1-2-14-5-3-4-8-22(14)10-17(24)21-15-9-13(18)6-7-16(15)23-12-19-11-20-23/h6-7,9,11-12,14H,2-5,8,10H2,1H3,(H,21,24). The van der Waals surface area contributed by atoms with Crippen molar-refractivity contribution >= 4 is 23.2 Å². The average molecular weight is 348 g/mol. The van der Waals surface area contributed by atoms with E-state index in [4.69, 9.17) is 11.6 Å². The summed E-state index contributed by atoms with van der Waals surface area (Å²) in [5, 5.41) is 7.67. The number of hydrogen-bond donors (Lipinski definition) is 1. The Morgan fingerprint density at radius 2 is 2.29 bits per heavy atom. The van der Waals surface area contributed by atoms with Gasteiger partial charge >= 0.3 is 0 Å². The lowest BCUT2D eigenvalue weighted by Gasteiger charge is -2.34. The van der Waals surface area contributed by atoms with Crippen LogP contribution in [0.5, 0.6) is 0 Å². The number of carbonyl (C=O) groups excluding carboxylic acids is 1. The summed E-state index contributed by atoms with van der Waals surface area (Å²) in [5.74, 6) is -0.0287. The molecule has 128 valence electrons. The van der Waals surface area contributed by atoms with Crippen molar-refractivity contribution in [1.29, 1.82) is 0 Å². The summed E-state index contributed by atoms with van der Waals surface area (Å²) in [5.41, 5.74) is 1.39. The SMILES string of the molecule is CCC1CCCCN1CC(=O)Nc1cc(Cl)ccc1-n1cncn1. The molecule has 1 unspecified atom stereocenters. The van der Waals surface area contributed by atoms with Gasteiger partial charge in [0.2, 0.25) is 5.91 Å². The zero-order valence-electron chi connectivity index (χ0n) is 13.8. The topological polar surface area (TPSA) is 63.1 Å².